The lowest BCUT2D eigenvalue weighted by Gasteiger charge is -2.43. The number of hydrogen-bond donors (Lipinski definition) is 3. The maximum atomic E-state index is 14.1. The number of carbonyl (C=O) groups is 3. The number of hydrogen-bond acceptors (Lipinski definition) is 12. The van der Waals surface area contributed by atoms with E-state index >= 15 is 0 Å². The van der Waals surface area contributed by atoms with Crippen molar-refractivity contribution in [2.75, 3.05) is 51.3 Å². The van der Waals surface area contributed by atoms with Gasteiger partial charge >= 0.3 is 12.1 Å². The number of methoxy groups -OCH3 is 1. The maximum absolute atomic E-state index is 14.1. The largest absolute Gasteiger partial charge is 0.464 e. The SMILES string of the molecule is CCn1c2c3c4cc(ccc41)-c1csc(n1)C[C@H](NC(=O)OC(C)(C)C)C(=O)N1CCC[C@H](N1)C(=O)OCC(C)(C)C3[C@H](OC)c1ncc(N3CCNCC3)cc1-2. The molecule has 2 saturated heterocycles. The quantitative estimate of drug-likeness (QED) is 0.223. The van der Waals surface area contributed by atoms with Gasteiger partial charge in [0.05, 0.1) is 40.6 Å². The Kier molecular flexibility index (Phi) is 10.5. The Labute approximate surface area is 337 Å². The summed E-state index contributed by atoms with van der Waals surface area (Å²) in [5, 5.41) is 11.4. The summed E-state index contributed by atoms with van der Waals surface area (Å²) in [6.07, 6.45) is 2.06. The lowest BCUT2D eigenvalue weighted by atomic mass is 9.67. The molecule has 304 valence electrons. The van der Waals surface area contributed by atoms with Crippen molar-refractivity contribution in [1.29, 1.82) is 0 Å². The molecular weight excluding hydrogens is 745 g/mol. The number of esters is 1. The average Bonchev–Trinajstić information content (AvgIpc) is 3.80. The molecule has 3 N–H and O–H groups in total. The van der Waals surface area contributed by atoms with Gasteiger partial charge in [0, 0.05) is 91.5 Å². The molecule has 6 heterocycles. The van der Waals surface area contributed by atoms with Crippen LogP contribution in [-0.4, -0.2) is 102 Å². The smallest absolute Gasteiger partial charge is 0.408 e. The van der Waals surface area contributed by atoms with Gasteiger partial charge in [0.2, 0.25) is 0 Å². The van der Waals surface area contributed by atoms with E-state index in [0.717, 1.165) is 83.1 Å². The lowest BCUT2D eigenvalue weighted by Crippen LogP contribution is -2.60. The van der Waals surface area contributed by atoms with E-state index in [4.69, 9.17) is 24.2 Å². The Bertz CT molecular complexity index is 2190. The first-order chi connectivity index (χ1) is 27.3. The molecule has 14 nitrogen and oxygen atoms in total. The van der Waals surface area contributed by atoms with Crippen LogP contribution < -0.4 is 21.0 Å². The van der Waals surface area contributed by atoms with Crippen LogP contribution in [0.15, 0.2) is 35.8 Å². The van der Waals surface area contributed by atoms with Crippen molar-refractivity contribution in [3.05, 3.63) is 52.1 Å². The molecule has 0 radical (unpaired) electrons. The topological polar surface area (TPSA) is 152 Å². The molecule has 4 aliphatic rings. The molecular formula is C42H54N8O6S. The molecule has 1 aliphatic carbocycles. The summed E-state index contributed by atoms with van der Waals surface area (Å²) in [7, 11) is 1.74. The van der Waals surface area contributed by atoms with Gasteiger partial charge in [-0.25, -0.2) is 15.2 Å². The molecule has 4 atom stereocenters. The Morgan fingerprint density at radius 3 is 2.67 bits per heavy atom. The minimum absolute atomic E-state index is 0.104. The Morgan fingerprint density at radius 1 is 1.14 bits per heavy atom. The third kappa shape index (κ3) is 7.50. The Morgan fingerprint density at radius 2 is 1.93 bits per heavy atom. The van der Waals surface area contributed by atoms with E-state index in [1.807, 2.05) is 11.6 Å². The zero-order chi connectivity index (χ0) is 40.2. The first-order valence-corrected chi connectivity index (χ1v) is 21.0. The second kappa shape index (κ2) is 15.3. The van der Waals surface area contributed by atoms with E-state index in [2.05, 4.69) is 70.6 Å². The van der Waals surface area contributed by atoms with Gasteiger partial charge in [0.15, 0.2) is 0 Å². The van der Waals surface area contributed by atoms with Crippen LogP contribution >= 0.6 is 11.3 Å². The first-order valence-electron chi connectivity index (χ1n) is 20.1. The molecule has 0 saturated carbocycles. The van der Waals surface area contributed by atoms with Crippen molar-refractivity contribution in [2.45, 2.75) is 97.1 Å². The van der Waals surface area contributed by atoms with Crippen molar-refractivity contribution < 1.29 is 28.6 Å². The summed E-state index contributed by atoms with van der Waals surface area (Å²) >= 11 is 1.44. The number of fused-ring (bicyclic) bond motifs is 8. The number of thiazole rings is 1. The number of aryl methyl sites for hydroxylation is 1. The number of piperazine rings is 1. The summed E-state index contributed by atoms with van der Waals surface area (Å²) in [5.41, 5.74) is 9.79. The van der Waals surface area contributed by atoms with Gasteiger partial charge in [0.25, 0.3) is 5.91 Å². The second-order valence-corrected chi connectivity index (χ2v) is 18.1. The van der Waals surface area contributed by atoms with Crippen molar-refractivity contribution in [3.63, 3.8) is 0 Å². The number of amides is 2. The first kappa shape index (κ1) is 39.3. The van der Waals surface area contributed by atoms with Gasteiger partial charge in [-0.05, 0) is 64.3 Å². The number of alkyl carbamates (subject to hydrolysis) is 1. The highest BCUT2D eigenvalue weighted by Crippen LogP contribution is 2.57. The van der Waals surface area contributed by atoms with Crippen molar-refractivity contribution in [2.24, 2.45) is 5.41 Å². The van der Waals surface area contributed by atoms with Gasteiger partial charge in [-0.1, -0.05) is 19.9 Å². The van der Waals surface area contributed by atoms with Gasteiger partial charge in [-0.2, -0.15) is 0 Å². The van der Waals surface area contributed by atoms with Crippen LogP contribution in [0.4, 0.5) is 10.5 Å². The molecule has 2 fully saturated rings. The summed E-state index contributed by atoms with van der Waals surface area (Å²) < 4.78 is 20.6. The number of carbonyl (C=O) groups excluding carboxylic acids is 3. The second-order valence-electron chi connectivity index (χ2n) is 17.2. The number of rotatable bonds is 4. The standard InChI is InChI=1S/C42H54N8O6S/c1-8-49-31-12-11-24-18-26(31)33-34(37(54-7)35-27(36(33)49)19-25(21-44-35)48-16-13-43-14-17-48)42(5,6)23-55-39(52)28-10-9-15-50(47-28)38(51)29(20-32-45-30(24)22-57-32)46-40(53)56-41(2,3)4/h11-12,18-19,21-22,28-29,34,37,43,47H,8-10,13-17,20,23H2,1-7H3,(H,46,53)/t28-,29-,34?,37-/m0/s1. The molecule has 6 bridgehead atoms. The number of benzene rings is 1. The van der Waals surface area contributed by atoms with E-state index in [0.29, 0.717) is 24.4 Å². The summed E-state index contributed by atoms with van der Waals surface area (Å²) in [5.74, 6) is -1.07. The Hall–Kier alpha value is -4.57. The number of pyridine rings is 1. The lowest BCUT2D eigenvalue weighted by molar-refractivity contribution is -0.156. The Balaban J connectivity index is 1.28. The number of anilines is 1. The molecule has 8 rings (SSSR count). The van der Waals surface area contributed by atoms with Crippen molar-refractivity contribution in [1.82, 2.24) is 35.6 Å². The highest BCUT2D eigenvalue weighted by Gasteiger charge is 2.48. The highest BCUT2D eigenvalue weighted by atomic mass is 32.1. The van der Waals surface area contributed by atoms with E-state index in [-0.39, 0.29) is 24.9 Å². The van der Waals surface area contributed by atoms with Crippen LogP contribution in [0.1, 0.15) is 82.7 Å². The highest BCUT2D eigenvalue weighted by molar-refractivity contribution is 7.10. The van der Waals surface area contributed by atoms with E-state index in [9.17, 15) is 14.4 Å². The average molecular weight is 799 g/mol. The minimum atomic E-state index is -0.987. The van der Waals surface area contributed by atoms with Gasteiger partial charge < -0.3 is 34.3 Å². The zero-order valence-electron chi connectivity index (χ0n) is 33.9. The third-order valence-corrected chi connectivity index (χ3v) is 12.4. The molecule has 1 unspecified atom stereocenters. The predicted octanol–water partition coefficient (Wildman–Crippen LogP) is 5.56. The molecule has 15 heteroatoms. The van der Waals surface area contributed by atoms with Gasteiger partial charge in [-0.3, -0.25) is 19.6 Å². The third-order valence-electron chi connectivity index (χ3n) is 11.6. The number of nitrogens with one attached hydrogen (secondary N) is 3. The molecule has 3 aliphatic heterocycles. The number of hydrazine groups is 1. The fourth-order valence-electron chi connectivity index (χ4n) is 8.92. The van der Waals surface area contributed by atoms with Crippen LogP contribution in [0.2, 0.25) is 0 Å². The number of cyclic esters (lactones) is 1. The van der Waals surface area contributed by atoms with E-state index in [1.165, 1.54) is 16.3 Å². The van der Waals surface area contributed by atoms with Crippen LogP contribution in [0.25, 0.3) is 33.4 Å². The number of aromatic nitrogens is 3. The van der Waals surface area contributed by atoms with Gasteiger partial charge in [-0.15, -0.1) is 11.3 Å². The molecule has 4 aromatic rings. The van der Waals surface area contributed by atoms with Crippen LogP contribution in [-0.2, 0) is 36.8 Å². The van der Waals surface area contributed by atoms with Crippen LogP contribution in [0.3, 0.4) is 0 Å². The fourth-order valence-corrected chi connectivity index (χ4v) is 9.77. The number of nitrogens with zero attached hydrogens (tertiary/aromatic N) is 5. The monoisotopic (exact) mass is 798 g/mol. The molecule has 1 aromatic carbocycles. The number of ether oxygens (including phenoxy) is 3. The van der Waals surface area contributed by atoms with Crippen molar-refractivity contribution >= 4 is 45.9 Å². The molecule has 3 aromatic heterocycles. The summed E-state index contributed by atoms with van der Waals surface area (Å²) in [6, 6.07) is 7.02. The van der Waals surface area contributed by atoms with E-state index < -0.39 is 41.3 Å². The molecule has 0 spiro atoms. The fraction of sp³-hybridized carbons (Fsp3) is 0.548. The van der Waals surface area contributed by atoms with Gasteiger partial charge in [0.1, 0.15) is 23.8 Å². The van der Waals surface area contributed by atoms with Crippen molar-refractivity contribution in [3.8, 4) is 22.5 Å². The normalized spacial score (nSPS) is 23.8. The maximum Gasteiger partial charge on any atom is 0.408 e. The summed E-state index contributed by atoms with van der Waals surface area (Å²) in [4.78, 5) is 53.7. The van der Waals surface area contributed by atoms with Crippen LogP contribution in [0.5, 0.6) is 0 Å². The molecule has 2 amide bonds. The predicted molar refractivity (Wildman–Crippen MR) is 219 cm³/mol. The molecule has 57 heavy (non-hydrogen) atoms. The zero-order valence-corrected chi connectivity index (χ0v) is 34.8. The van der Waals surface area contributed by atoms with E-state index in [1.54, 1.807) is 27.9 Å². The van der Waals surface area contributed by atoms with Crippen LogP contribution in [0, 0.1) is 5.41 Å². The minimum Gasteiger partial charge on any atom is -0.464 e. The summed E-state index contributed by atoms with van der Waals surface area (Å²) in [6.45, 7) is 16.6.